The third-order valence-electron chi connectivity index (χ3n) is 2.85. The lowest BCUT2D eigenvalue weighted by molar-refractivity contribution is 0.0513. The molecule has 116 valence electrons. The van der Waals surface area contributed by atoms with Gasteiger partial charge < -0.3 is 15.2 Å². The van der Waals surface area contributed by atoms with Crippen LogP contribution in [0.1, 0.15) is 66.2 Å². The lowest BCUT2D eigenvalue weighted by Gasteiger charge is -2.21. The molecule has 0 aromatic carbocycles. The molecule has 0 rings (SSSR count). The monoisotopic (exact) mass is 284 g/mol. The molecule has 1 unspecified atom stereocenters. The summed E-state index contributed by atoms with van der Waals surface area (Å²) in [4.78, 5) is 11.5. The van der Waals surface area contributed by atoms with Crippen LogP contribution in [0.5, 0.6) is 0 Å². The summed E-state index contributed by atoms with van der Waals surface area (Å²) < 4.78 is 5.11. The predicted octanol–water partition coefficient (Wildman–Crippen LogP) is 3.12. The van der Waals surface area contributed by atoms with Crippen molar-refractivity contribution in [2.45, 2.75) is 84.0 Å². The van der Waals surface area contributed by atoms with Crippen LogP contribution in [0, 0.1) is 11.3 Å². The van der Waals surface area contributed by atoms with Crippen LogP contribution >= 0.6 is 0 Å². The summed E-state index contributed by atoms with van der Waals surface area (Å²) in [5.74, 6) is 0. The van der Waals surface area contributed by atoms with Gasteiger partial charge in [-0.05, 0) is 40.0 Å². The second-order valence-corrected chi connectivity index (χ2v) is 6.03. The molecule has 5 heteroatoms. The zero-order chi connectivity index (χ0) is 15.6. The Balaban J connectivity index is 3.83. The van der Waals surface area contributed by atoms with Crippen LogP contribution < -0.4 is 5.32 Å². The minimum atomic E-state index is -0.555. The van der Waals surface area contributed by atoms with Crippen LogP contribution in [0.15, 0.2) is 0 Å². The largest absolute Gasteiger partial charge is 0.444 e. The summed E-state index contributed by atoms with van der Waals surface area (Å²) in [7, 11) is 0. The van der Waals surface area contributed by atoms with Crippen LogP contribution in [0.25, 0.3) is 0 Å². The van der Waals surface area contributed by atoms with Crippen molar-refractivity contribution in [1.82, 2.24) is 5.32 Å². The second-order valence-electron chi connectivity index (χ2n) is 6.03. The van der Waals surface area contributed by atoms with Gasteiger partial charge in [0.2, 0.25) is 0 Å². The molecule has 2 atom stereocenters. The van der Waals surface area contributed by atoms with E-state index in [9.17, 15) is 9.90 Å². The van der Waals surface area contributed by atoms with Crippen LogP contribution in [0.3, 0.4) is 0 Å². The van der Waals surface area contributed by atoms with Gasteiger partial charge in [0.1, 0.15) is 11.6 Å². The SMILES string of the molecule is CCC(O)CCCCC[C@@H](C#N)NC(=O)OC(C)(C)C. The molecule has 0 aliphatic carbocycles. The summed E-state index contributed by atoms with van der Waals surface area (Å²) in [6.45, 7) is 7.31. The minimum Gasteiger partial charge on any atom is -0.444 e. The Bertz CT molecular complexity index is 318. The predicted molar refractivity (Wildman–Crippen MR) is 78.2 cm³/mol. The standard InChI is InChI=1S/C15H28N2O3/c1-5-13(18)10-8-6-7-9-12(11-16)17-14(19)20-15(2,3)4/h12-13,18H,5-10H2,1-4H3,(H,17,19)/t12-,13?/m0/s1. The van der Waals surface area contributed by atoms with Gasteiger partial charge in [-0.25, -0.2) is 4.79 Å². The number of aliphatic hydroxyl groups is 1. The van der Waals surface area contributed by atoms with E-state index in [4.69, 9.17) is 10.00 Å². The van der Waals surface area contributed by atoms with E-state index < -0.39 is 17.7 Å². The maximum Gasteiger partial charge on any atom is 0.408 e. The van der Waals surface area contributed by atoms with E-state index >= 15 is 0 Å². The van der Waals surface area contributed by atoms with Crippen molar-refractivity contribution in [3.05, 3.63) is 0 Å². The Morgan fingerprint density at radius 2 is 1.90 bits per heavy atom. The number of aliphatic hydroxyl groups excluding tert-OH is 1. The minimum absolute atomic E-state index is 0.221. The van der Waals surface area contributed by atoms with Crippen LogP contribution in [-0.4, -0.2) is 28.9 Å². The van der Waals surface area contributed by atoms with Gasteiger partial charge >= 0.3 is 6.09 Å². The number of carbonyl (C=O) groups excluding carboxylic acids is 1. The van der Waals surface area contributed by atoms with E-state index in [0.29, 0.717) is 6.42 Å². The van der Waals surface area contributed by atoms with E-state index in [1.165, 1.54) is 0 Å². The molecule has 0 saturated heterocycles. The summed E-state index contributed by atoms with van der Waals surface area (Å²) in [5.41, 5.74) is -0.555. The molecule has 5 nitrogen and oxygen atoms in total. The first-order valence-corrected chi connectivity index (χ1v) is 7.35. The van der Waals surface area contributed by atoms with Crippen molar-refractivity contribution in [3.63, 3.8) is 0 Å². The lowest BCUT2D eigenvalue weighted by atomic mass is 10.1. The van der Waals surface area contributed by atoms with Gasteiger partial charge in [0.05, 0.1) is 12.2 Å². The zero-order valence-electron chi connectivity index (χ0n) is 13.1. The Kier molecular flexibility index (Phi) is 8.98. The first-order chi connectivity index (χ1) is 9.28. The molecule has 20 heavy (non-hydrogen) atoms. The van der Waals surface area contributed by atoms with Gasteiger partial charge in [0.25, 0.3) is 0 Å². The fourth-order valence-electron chi connectivity index (χ4n) is 1.73. The molecule has 0 radical (unpaired) electrons. The van der Waals surface area contributed by atoms with Crippen molar-refractivity contribution in [2.24, 2.45) is 0 Å². The average Bonchev–Trinajstić information content (AvgIpc) is 2.34. The summed E-state index contributed by atoms with van der Waals surface area (Å²) in [6.07, 6.45) is 4.16. The molecule has 0 aromatic rings. The quantitative estimate of drug-likeness (QED) is 0.671. The normalized spacial score (nSPS) is 14.2. The third kappa shape index (κ3) is 10.6. The number of hydrogen-bond donors (Lipinski definition) is 2. The van der Waals surface area contributed by atoms with Crippen LogP contribution in [-0.2, 0) is 4.74 Å². The molecule has 0 aliphatic heterocycles. The molecule has 0 bridgehead atoms. The molecule has 0 heterocycles. The zero-order valence-corrected chi connectivity index (χ0v) is 13.1. The number of alkyl carbamates (subject to hydrolysis) is 1. The molecule has 0 aliphatic rings. The van der Waals surface area contributed by atoms with E-state index in [1.807, 2.05) is 6.92 Å². The van der Waals surface area contributed by atoms with Crippen molar-refractivity contribution in [1.29, 1.82) is 5.26 Å². The van der Waals surface area contributed by atoms with E-state index in [0.717, 1.165) is 32.1 Å². The van der Waals surface area contributed by atoms with Crippen molar-refractivity contribution < 1.29 is 14.6 Å². The number of nitrogens with one attached hydrogen (secondary N) is 1. The van der Waals surface area contributed by atoms with Gasteiger partial charge in [-0.1, -0.05) is 26.2 Å². The number of nitriles is 1. The molecule has 0 fully saturated rings. The van der Waals surface area contributed by atoms with E-state index in [1.54, 1.807) is 20.8 Å². The molecule has 2 N–H and O–H groups in total. The molecule has 0 saturated carbocycles. The number of unbranched alkanes of at least 4 members (excludes halogenated alkanes) is 2. The third-order valence-corrected chi connectivity index (χ3v) is 2.85. The Morgan fingerprint density at radius 1 is 1.30 bits per heavy atom. The summed E-state index contributed by atoms with van der Waals surface area (Å²) in [6, 6.07) is 1.56. The topological polar surface area (TPSA) is 82.4 Å². The van der Waals surface area contributed by atoms with Crippen LogP contribution in [0.4, 0.5) is 4.79 Å². The first-order valence-electron chi connectivity index (χ1n) is 7.35. The lowest BCUT2D eigenvalue weighted by Crippen LogP contribution is -2.38. The van der Waals surface area contributed by atoms with Gasteiger partial charge in [-0.2, -0.15) is 5.26 Å². The van der Waals surface area contributed by atoms with Gasteiger partial charge in [-0.15, -0.1) is 0 Å². The summed E-state index contributed by atoms with van der Waals surface area (Å²) in [5, 5.41) is 21.0. The molecule has 0 aromatic heterocycles. The Hall–Kier alpha value is -1.28. The maximum absolute atomic E-state index is 11.5. The molecular formula is C15H28N2O3. The highest BCUT2D eigenvalue weighted by atomic mass is 16.6. The maximum atomic E-state index is 11.5. The number of ether oxygens (including phenoxy) is 1. The number of carbonyl (C=O) groups is 1. The molecule has 1 amide bonds. The van der Waals surface area contributed by atoms with Crippen molar-refractivity contribution in [3.8, 4) is 6.07 Å². The summed E-state index contributed by atoms with van der Waals surface area (Å²) >= 11 is 0. The smallest absolute Gasteiger partial charge is 0.408 e. The number of nitrogens with zero attached hydrogens (tertiary/aromatic N) is 1. The number of amides is 1. The van der Waals surface area contributed by atoms with E-state index in [-0.39, 0.29) is 6.10 Å². The number of hydrogen-bond acceptors (Lipinski definition) is 4. The highest BCUT2D eigenvalue weighted by Gasteiger charge is 2.18. The Labute approximate surface area is 122 Å². The fraction of sp³-hybridized carbons (Fsp3) is 0.867. The first kappa shape index (κ1) is 18.7. The molecule has 0 spiro atoms. The van der Waals surface area contributed by atoms with Crippen molar-refractivity contribution >= 4 is 6.09 Å². The van der Waals surface area contributed by atoms with Gasteiger partial charge in [0, 0.05) is 0 Å². The highest BCUT2D eigenvalue weighted by molar-refractivity contribution is 5.68. The number of rotatable bonds is 8. The fourth-order valence-corrected chi connectivity index (χ4v) is 1.73. The molecular weight excluding hydrogens is 256 g/mol. The van der Waals surface area contributed by atoms with Crippen LogP contribution in [0.2, 0.25) is 0 Å². The Morgan fingerprint density at radius 3 is 2.40 bits per heavy atom. The van der Waals surface area contributed by atoms with Crippen molar-refractivity contribution in [2.75, 3.05) is 0 Å². The van der Waals surface area contributed by atoms with Gasteiger partial charge in [0.15, 0.2) is 0 Å². The highest BCUT2D eigenvalue weighted by Crippen LogP contribution is 2.10. The van der Waals surface area contributed by atoms with E-state index in [2.05, 4.69) is 11.4 Å². The average molecular weight is 284 g/mol. The second kappa shape index (κ2) is 9.60. The van der Waals surface area contributed by atoms with Gasteiger partial charge in [-0.3, -0.25) is 0 Å².